The molecule has 2 heterocycles. The first-order valence-corrected chi connectivity index (χ1v) is 10.8. The van der Waals surface area contributed by atoms with Gasteiger partial charge in [-0.1, -0.05) is 35.3 Å². The largest absolute Gasteiger partial charge is 0.433 e. The van der Waals surface area contributed by atoms with Crippen LogP contribution in [0.2, 0.25) is 10.0 Å². The molecule has 2 aromatic carbocycles. The van der Waals surface area contributed by atoms with Crippen molar-refractivity contribution in [2.24, 2.45) is 0 Å². The molecule has 0 bridgehead atoms. The van der Waals surface area contributed by atoms with Gasteiger partial charge in [0.2, 0.25) is 0 Å². The van der Waals surface area contributed by atoms with Gasteiger partial charge in [0, 0.05) is 32.2 Å². The molecular weight excluding hydrogens is 452 g/mol. The summed E-state index contributed by atoms with van der Waals surface area (Å²) < 4.78 is 43.0. The van der Waals surface area contributed by atoms with Gasteiger partial charge in [0.15, 0.2) is 0 Å². The van der Waals surface area contributed by atoms with Gasteiger partial charge in [0.1, 0.15) is 11.6 Å². The number of carbonyl (C=O) groups is 1. The summed E-state index contributed by atoms with van der Waals surface area (Å²) in [6.45, 7) is -0.480. The van der Waals surface area contributed by atoms with Crippen LogP contribution in [0.5, 0.6) is 5.75 Å². The number of fused-ring (bicyclic) bond motifs is 1. The number of ether oxygens (including phenoxy) is 1. The highest BCUT2D eigenvalue weighted by Gasteiger charge is 2.35. The van der Waals surface area contributed by atoms with Crippen molar-refractivity contribution in [3.05, 3.63) is 63.4 Å². The van der Waals surface area contributed by atoms with E-state index in [1.54, 1.807) is 17.0 Å². The van der Waals surface area contributed by atoms with E-state index in [4.69, 9.17) is 23.2 Å². The molecule has 0 saturated carbocycles. The van der Waals surface area contributed by atoms with Crippen LogP contribution in [0.25, 0.3) is 0 Å². The van der Waals surface area contributed by atoms with E-state index in [1.807, 2.05) is 0 Å². The summed E-state index contributed by atoms with van der Waals surface area (Å²) >= 11 is 12.1. The van der Waals surface area contributed by atoms with E-state index >= 15 is 0 Å². The summed E-state index contributed by atoms with van der Waals surface area (Å²) in [4.78, 5) is 17.1. The third kappa shape index (κ3) is 4.78. The molecule has 4 rings (SSSR count). The number of alkyl halides is 2. The molecule has 0 N–H and O–H groups in total. The maximum atomic E-state index is 13.5. The lowest BCUT2D eigenvalue weighted by Gasteiger charge is -2.46. The number of piperazine rings is 1. The Balaban J connectivity index is 1.42. The molecule has 1 amide bonds. The number of nitrogens with zero attached hydrogens (tertiary/aromatic N) is 2. The first-order valence-electron chi connectivity index (χ1n) is 10.0. The Morgan fingerprint density at radius 1 is 1.10 bits per heavy atom. The van der Waals surface area contributed by atoms with Crippen LogP contribution in [-0.2, 0) is 0 Å². The van der Waals surface area contributed by atoms with Crippen LogP contribution < -0.4 is 4.74 Å². The number of hydrogen-bond donors (Lipinski definition) is 0. The van der Waals surface area contributed by atoms with Crippen LogP contribution in [0.15, 0.2) is 36.4 Å². The molecule has 166 valence electrons. The van der Waals surface area contributed by atoms with Gasteiger partial charge in [-0.15, -0.1) is 0 Å². The monoisotopic (exact) mass is 472 g/mol. The average molecular weight is 473 g/mol. The van der Waals surface area contributed by atoms with Crippen molar-refractivity contribution >= 4 is 29.1 Å². The molecule has 2 fully saturated rings. The highest BCUT2D eigenvalue weighted by atomic mass is 35.5. The van der Waals surface area contributed by atoms with E-state index in [-0.39, 0.29) is 39.2 Å². The number of halogens is 5. The first-order chi connectivity index (χ1) is 14.8. The van der Waals surface area contributed by atoms with Crippen LogP contribution >= 0.6 is 23.2 Å². The fourth-order valence-electron chi connectivity index (χ4n) is 4.43. The number of hydrogen-bond acceptors (Lipinski definition) is 3. The zero-order chi connectivity index (χ0) is 22.1. The molecule has 9 heteroatoms. The Labute approximate surface area is 188 Å². The molecule has 4 nitrogen and oxygen atoms in total. The number of rotatable bonds is 4. The smallest absolute Gasteiger partial charge is 0.387 e. The van der Waals surface area contributed by atoms with Crippen LogP contribution in [-0.4, -0.2) is 54.5 Å². The predicted octanol–water partition coefficient (Wildman–Crippen LogP) is 5.44. The molecule has 2 aromatic rings. The van der Waals surface area contributed by atoms with Gasteiger partial charge in [-0.25, -0.2) is 4.39 Å². The third-order valence-corrected chi connectivity index (χ3v) is 6.70. The van der Waals surface area contributed by atoms with Crippen LogP contribution in [0.4, 0.5) is 13.2 Å². The van der Waals surface area contributed by atoms with Crippen LogP contribution in [0, 0.1) is 5.82 Å². The van der Waals surface area contributed by atoms with Crippen molar-refractivity contribution in [3.63, 3.8) is 0 Å². The Morgan fingerprint density at radius 2 is 1.90 bits per heavy atom. The van der Waals surface area contributed by atoms with Gasteiger partial charge < -0.3 is 9.64 Å². The zero-order valence-corrected chi connectivity index (χ0v) is 18.1. The molecule has 0 spiro atoms. The van der Waals surface area contributed by atoms with Crippen molar-refractivity contribution < 1.29 is 22.7 Å². The molecular formula is C22H21Cl2F3N2O2. The van der Waals surface area contributed by atoms with Gasteiger partial charge in [-0.2, -0.15) is 8.78 Å². The summed E-state index contributed by atoms with van der Waals surface area (Å²) in [6, 6.07) is 9.38. The second kappa shape index (κ2) is 9.27. The van der Waals surface area contributed by atoms with Gasteiger partial charge in [-0.05, 0) is 48.6 Å². The lowest BCUT2D eigenvalue weighted by atomic mass is 9.86. The Bertz CT molecular complexity index is 976. The molecule has 2 atom stereocenters. The minimum atomic E-state index is -3.02. The average Bonchev–Trinajstić information content (AvgIpc) is 2.75. The fourth-order valence-corrected chi connectivity index (χ4v) is 4.87. The van der Waals surface area contributed by atoms with Gasteiger partial charge in [-0.3, -0.25) is 9.69 Å². The summed E-state index contributed by atoms with van der Waals surface area (Å²) in [5.41, 5.74) is 1.17. The lowest BCUT2D eigenvalue weighted by Crippen LogP contribution is -2.57. The lowest BCUT2D eigenvalue weighted by molar-refractivity contribution is -0.0498. The van der Waals surface area contributed by atoms with E-state index in [0.717, 1.165) is 24.9 Å². The maximum Gasteiger partial charge on any atom is 0.387 e. The summed E-state index contributed by atoms with van der Waals surface area (Å²) in [7, 11) is 0. The minimum absolute atomic E-state index is 0.105. The molecule has 0 unspecified atom stereocenters. The van der Waals surface area contributed by atoms with E-state index in [9.17, 15) is 18.0 Å². The minimum Gasteiger partial charge on any atom is -0.433 e. The molecule has 0 aliphatic carbocycles. The predicted molar refractivity (Wildman–Crippen MR) is 113 cm³/mol. The first kappa shape index (κ1) is 22.2. The molecule has 2 aliphatic rings. The van der Waals surface area contributed by atoms with Crippen molar-refractivity contribution in [2.45, 2.75) is 31.4 Å². The Kier molecular flexibility index (Phi) is 6.65. The second-order valence-electron chi connectivity index (χ2n) is 7.84. The summed E-state index contributed by atoms with van der Waals surface area (Å²) in [5, 5.41) is 0.0251. The SMILES string of the molecule is O=C(c1cccc(OC(F)F)c1Cl)N1CCN2C[C@H](c3ccc(F)c(Cl)c3)CC[C@H]2C1. The van der Waals surface area contributed by atoms with E-state index in [1.165, 1.54) is 24.3 Å². The molecule has 0 aromatic heterocycles. The molecule has 2 aliphatic heterocycles. The van der Waals surface area contributed by atoms with Gasteiger partial charge >= 0.3 is 6.61 Å². The van der Waals surface area contributed by atoms with Crippen LogP contribution in [0.3, 0.4) is 0 Å². The second-order valence-corrected chi connectivity index (χ2v) is 8.63. The summed E-state index contributed by atoms with van der Waals surface area (Å²) in [5.74, 6) is -0.668. The fraction of sp³-hybridized carbons (Fsp3) is 0.409. The van der Waals surface area contributed by atoms with E-state index in [0.29, 0.717) is 19.6 Å². The Morgan fingerprint density at radius 3 is 2.65 bits per heavy atom. The maximum absolute atomic E-state index is 13.5. The molecule has 31 heavy (non-hydrogen) atoms. The number of benzene rings is 2. The topological polar surface area (TPSA) is 32.8 Å². The van der Waals surface area contributed by atoms with E-state index in [2.05, 4.69) is 9.64 Å². The quantitative estimate of drug-likeness (QED) is 0.593. The van der Waals surface area contributed by atoms with Gasteiger partial charge in [0.25, 0.3) is 5.91 Å². The highest BCUT2D eigenvalue weighted by Crippen LogP contribution is 2.35. The normalized spacial score (nSPS) is 21.8. The Hall–Kier alpha value is -1.96. The standard InChI is InChI=1S/C22H21Cl2F3N2O2/c23-17-10-13(5-7-18(17)25)14-4-6-15-12-29(9-8-28(15)11-14)21(30)16-2-1-3-19(20(16)24)31-22(26)27/h1-3,5,7,10,14-15,22H,4,6,8-9,11-12H2/t14-,15+/m1/s1. The highest BCUT2D eigenvalue weighted by molar-refractivity contribution is 6.35. The molecule has 2 saturated heterocycles. The number of carbonyl (C=O) groups excluding carboxylic acids is 1. The van der Waals surface area contributed by atoms with Crippen molar-refractivity contribution in [3.8, 4) is 5.75 Å². The van der Waals surface area contributed by atoms with Crippen molar-refractivity contribution in [1.82, 2.24) is 9.80 Å². The van der Waals surface area contributed by atoms with Crippen molar-refractivity contribution in [1.29, 1.82) is 0 Å². The van der Waals surface area contributed by atoms with E-state index < -0.39 is 12.4 Å². The van der Waals surface area contributed by atoms with Crippen LogP contribution in [0.1, 0.15) is 34.7 Å². The van der Waals surface area contributed by atoms with Gasteiger partial charge in [0.05, 0.1) is 15.6 Å². The third-order valence-electron chi connectivity index (χ3n) is 6.02. The number of piperidine rings is 1. The molecule has 0 radical (unpaired) electrons. The zero-order valence-electron chi connectivity index (χ0n) is 16.5. The number of amides is 1. The summed E-state index contributed by atoms with van der Waals surface area (Å²) in [6.07, 6.45) is 1.79. The van der Waals surface area contributed by atoms with Crippen molar-refractivity contribution in [2.75, 3.05) is 26.2 Å².